The highest BCUT2D eigenvalue weighted by molar-refractivity contribution is 7.98. The summed E-state index contributed by atoms with van der Waals surface area (Å²) in [4.78, 5) is 11.1. The first-order valence-corrected chi connectivity index (χ1v) is 6.49. The maximum atomic E-state index is 11.1. The van der Waals surface area contributed by atoms with Crippen molar-refractivity contribution in [2.75, 3.05) is 5.75 Å². The van der Waals surface area contributed by atoms with Crippen LogP contribution in [-0.2, 0) is 15.3 Å². The summed E-state index contributed by atoms with van der Waals surface area (Å²) in [5.74, 6) is 1.52. The van der Waals surface area contributed by atoms with E-state index in [0.29, 0.717) is 6.42 Å². The van der Waals surface area contributed by atoms with Crippen molar-refractivity contribution >= 4 is 17.7 Å². The lowest BCUT2D eigenvalue weighted by Crippen LogP contribution is -2.24. The highest BCUT2D eigenvalue weighted by Crippen LogP contribution is 2.20. The van der Waals surface area contributed by atoms with Gasteiger partial charge in [0.15, 0.2) is 0 Å². The number of ether oxygens (including phenoxy) is 1. The zero-order valence-corrected chi connectivity index (χ0v) is 9.78. The van der Waals surface area contributed by atoms with Crippen LogP contribution in [0.5, 0.6) is 0 Å². The van der Waals surface area contributed by atoms with Crippen molar-refractivity contribution in [3.8, 4) is 0 Å². The lowest BCUT2D eigenvalue weighted by molar-refractivity contribution is -0.141. The fourth-order valence-corrected chi connectivity index (χ4v) is 2.68. The van der Waals surface area contributed by atoms with E-state index in [9.17, 15) is 4.79 Å². The van der Waals surface area contributed by atoms with Crippen molar-refractivity contribution in [2.24, 2.45) is 5.73 Å². The van der Waals surface area contributed by atoms with Gasteiger partial charge in [0, 0.05) is 17.9 Å². The molecule has 2 N–H and O–H groups in total. The number of thioether (sulfide) groups is 1. The van der Waals surface area contributed by atoms with Crippen LogP contribution in [0, 0.1) is 0 Å². The molecule has 3 nitrogen and oxygen atoms in total. The average Bonchev–Trinajstić information content (AvgIpc) is 2.60. The number of hydrogen-bond donors (Lipinski definition) is 1. The zero-order valence-electron chi connectivity index (χ0n) is 8.96. The monoisotopic (exact) mass is 237 g/mol. The fourth-order valence-electron chi connectivity index (χ4n) is 1.66. The van der Waals surface area contributed by atoms with Crippen LogP contribution in [0.25, 0.3) is 0 Å². The average molecular weight is 237 g/mol. The fraction of sp³-hybridized carbons (Fsp3) is 0.417. The van der Waals surface area contributed by atoms with Gasteiger partial charge in [-0.3, -0.25) is 4.79 Å². The molecule has 4 heteroatoms. The molecule has 2 rings (SSSR count). The van der Waals surface area contributed by atoms with E-state index in [0.717, 1.165) is 11.5 Å². The van der Waals surface area contributed by atoms with Crippen LogP contribution >= 0.6 is 11.8 Å². The van der Waals surface area contributed by atoms with Crippen molar-refractivity contribution in [1.29, 1.82) is 0 Å². The van der Waals surface area contributed by atoms with Crippen LogP contribution in [0.1, 0.15) is 12.0 Å². The minimum absolute atomic E-state index is 0.00351. The number of nitrogens with two attached hydrogens (primary N) is 1. The van der Waals surface area contributed by atoms with Crippen molar-refractivity contribution in [2.45, 2.75) is 24.3 Å². The Morgan fingerprint density at radius 3 is 2.75 bits per heavy atom. The first-order chi connectivity index (χ1) is 7.75. The Kier molecular flexibility index (Phi) is 3.85. The van der Waals surface area contributed by atoms with Crippen molar-refractivity contribution in [3.05, 3.63) is 35.9 Å². The summed E-state index contributed by atoms with van der Waals surface area (Å²) >= 11 is 1.77. The maximum absolute atomic E-state index is 11.1. The van der Waals surface area contributed by atoms with Gasteiger partial charge in [-0.25, -0.2) is 0 Å². The van der Waals surface area contributed by atoms with Gasteiger partial charge in [-0.05, 0) is 5.56 Å². The predicted molar refractivity (Wildman–Crippen MR) is 65.1 cm³/mol. The molecule has 0 aromatic heterocycles. The van der Waals surface area contributed by atoms with Gasteiger partial charge >= 0.3 is 5.97 Å². The Labute approximate surface area is 99.4 Å². The second-order valence-electron chi connectivity index (χ2n) is 3.90. The van der Waals surface area contributed by atoms with E-state index >= 15 is 0 Å². The molecule has 1 aliphatic rings. The molecular formula is C12H15NO2S. The number of benzene rings is 1. The van der Waals surface area contributed by atoms with Crippen molar-refractivity contribution in [3.63, 3.8) is 0 Å². The Balaban J connectivity index is 1.71. The van der Waals surface area contributed by atoms with Crippen molar-refractivity contribution in [1.82, 2.24) is 0 Å². The van der Waals surface area contributed by atoms with Gasteiger partial charge in [0.05, 0.1) is 0 Å². The van der Waals surface area contributed by atoms with Gasteiger partial charge in [0.1, 0.15) is 12.1 Å². The second kappa shape index (κ2) is 5.37. The van der Waals surface area contributed by atoms with Gasteiger partial charge in [0.2, 0.25) is 0 Å². The molecule has 1 heterocycles. The first-order valence-electron chi connectivity index (χ1n) is 5.33. The van der Waals surface area contributed by atoms with Crippen LogP contribution in [-0.4, -0.2) is 23.9 Å². The SMILES string of the molecule is NC1CC(CSCc2ccccc2)OC1=O. The van der Waals surface area contributed by atoms with Crippen LogP contribution in [0.4, 0.5) is 0 Å². The van der Waals surface area contributed by atoms with E-state index in [4.69, 9.17) is 10.5 Å². The van der Waals surface area contributed by atoms with E-state index < -0.39 is 6.04 Å². The third kappa shape index (κ3) is 3.00. The Hall–Kier alpha value is -1.00. The summed E-state index contributed by atoms with van der Waals surface area (Å²) in [5.41, 5.74) is 6.86. The van der Waals surface area contributed by atoms with E-state index in [1.54, 1.807) is 11.8 Å². The summed E-state index contributed by atoms with van der Waals surface area (Å²) < 4.78 is 5.13. The Morgan fingerprint density at radius 1 is 1.38 bits per heavy atom. The summed E-state index contributed by atoms with van der Waals surface area (Å²) in [6.07, 6.45) is 0.650. The first kappa shape index (κ1) is 11.5. The maximum Gasteiger partial charge on any atom is 0.323 e. The second-order valence-corrected chi connectivity index (χ2v) is 4.93. The van der Waals surface area contributed by atoms with Gasteiger partial charge in [0.25, 0.3) is 0 Å². The molecule has 0 aliphatic carbocycles. The third-order valence-electron chi connectivity index (χ3n) is 2.52. The van der Waals surface area contributed by atoms with E-state index in [-0.39, 0.29) is 12.1 Å². The predicted octanol–water partition coefficient (Wildman–Crippen LogP) is 1.56. The molecule has 1 saturated heterocycles. The summed E-state index contributed by atoms with van der Waals surface area (Å²) in [7, 11) is 0. The summed E-state index contributed by atoms with van der Waals surface area (Å²) in [5, 5.41) is 0. The van der Waals surface area contributed by atoms with E-state index in [1.165, 1.54) is 5.56 Å². The molecular weight excluding hydrogens is 222 g/mol. The summed E-state index contributed by atoms with van der Waals surface area (Å²) in [6.45, 7) is 0. The lowest BCUT2D eigenvalue weighted by atomic mass is 10.2. The lowest BCUT2D eigenvalue weighted by Gasteiger charge is -2.08. The van der Waals surface area contributed by atoms with Crippen LogP contribution in [0.3, 0.4) is 0 Å². The normalized spacial score (nSPS) is 24.4. The number of carbonyl (C=O) groups excluding carboxylic acids is 1. The molecule has 2 atom stereocenters. The molecule has 0 radical (unpaired) electrons. The molecule has 2 unspecified atom stereocenters. The highest BCUT2D eigenvalue weighted by atomic mass is 32.2. The Morgan fingerprint density at radius 2 is 2.12 bits per heavy atom. The summed E-state index contributed by atoms with van der Waals surface area (Å²) in [6, 6.07) is 9.84. The molecule has 16 heavy (non-hydrogen) atoms. The number of cyclic esters (lactones) is 1. The smallest absolute Gasteiger partial charge is 0.323 e. The molecule has 0 saturated carbocycles. The molecule has 1 aromatic carbocycles. The number of carbonyl (C=O) groups is 1. The van der Waals surface area contributed by atoms with E-state index in [2.05, 4.69) is 12.1 Å². The topological polar surface area (TPSA) is 52.3 Å². The van der Waals surface area contributed by atoms with Gasteiger partial charge in [-0.1, -0.05) is 30.3 Å². The molecule has 1 fully saturated rings. The zero-order chi connectivity index (χ0) is 11.4. The molecule has 0 spiro atoms. The third-order valence-corrected chi connectivity index (χ3v) is 3.66. The standard InChI is InChI=1S/C12H15NO2S/c13-11-6-10(15-12(11)14)8-16-7-9-4-2-1-3-5-9/h1-5,10-11H,6-8,13H2. The quantitative estimate of drug-likeness (QED) is 0.807. The van der Waals surface area contributed by atoms with Gasteiger partial charge in [-0.2, -0.15) is 11.8 Å². The van der Waals surface area contributed by atoms with Crippen molar-refractivity contribution < 1.29 is 9.53 Å². The largest absolute Gasteiger partial charge is 0.460 e. The van der Waals surface area contributed by atoms with Crippen LogP contribution < -0.4 is 5.73 Å². The van der Waals surface area contributed by atoms with E-state index in [1.807, 2.05) is 18.2 Å². The molecule has 0 amide bonds. The molecule has 0 bridgehead atoms. The highest BCUT2D eigenvalue weighted by Gasteiger charge is 2.31. The number of esters is 1. The molecule has 1 aromatic rings. The number of rotatable bonds is 4. The van der Waals surface area contributed by atoms with Crippen LogP contribution in [0.15, 0.2) is 30.3 Å². The molecule has 86 valence electrons. The van der Waals surface area contributed by atoms with Crippen LogP contribution in [0.2, 0.25) is 0 Å². The van der Waals surface area contributed by atoms with Gasteiger partial charge in [-0.15, -0.1) is 0 Å². The molecule has 1 aliphatic heterocycles. The number of hydrogen-bond acceptors (Lipinski definition) is 4. The minimum atomic E-state index is -0.415. The Bertz CT molecular complexity index is 355. The van der Waals surface area contributed by atoms with Gasteiger partial charge < -0.3 is 10.5 Å². The minimum Gasteiger partial charge on any atom is -0.460 e.